The largest absolute Gasteiger partial charge is 0.508 e. The van der Waals surface area contributed by atoms with Gasteiger partial charge in [0.1, 0.15) is 23.9 Å². The predicted octanol–water partition coefficient (Wildman–Crippen LogP) is 6.83. The Labute approximate surface area is 221 Å². The van der Waals surface area contributed by atoms with Gasteiger partial charge in [-0.25, -0.2) is 0 Å². The van der Waals surface area contributed by atoms with Crippen LogP contribution in [0.5, 0.6) is 17.2 Å². The Kier molecular flexibility index (Phi) is 7.63. The van der Waals surface area contributed by atoms with E-state index in [4.69, 9.17) is 9.47 Å². The number of hydrogen-bond acceptors (Lipinski definition) is 6. The molecule has 6 nitrogen and oxygen atoms in total. The SMILES string of the molecule is COc1ccc(-c2sc3cc(O)ccc3c2N(C(C)=O)c2ccc(OCCN3CCCCC3)cc2)cc1. The maximum absolute atomic E-state index is 13.1. The van der Waals surface area contributed by atoms with Crippen molar-refractivity contribution in [3.8, 4) is 27.7 Å². The molecule has 0 saturated carbocycles. The number of methoxy groups -OCH3 is 1. The molecule has 1 aromatic heterocycles. The standard InChI is InChI=1S/C30H32N2O4S/c1-21(33)32(23-8-13-26(14-9-23)36-19-18-31-16-4-3-5-17-31)29-27-15-10-24(34)20-28(27)37-30(29)22-6-11-25(35-2)12-7-22/h6-15,20,34H,3-5,16-19H2,1-2H3. The lowest BCUT2D eigenvalue weighted by molar-refractivity contribution is -0.115. The smallest absolute Gasteiger partial charge is 0.228 e. The van der Waals surface area contributed by atoms with Crippen molar-refractivity contribution in [2.24, 2.45) is 0 Å². The number of likely N-dealkylation sites (tertiary alicyclic amines) is 1. The zero-order chi connectivity index (χ0) is 25.8. The highest BCUT2D eigenvalue weighted by molar-refractivity contribution is 7.23. The van der Waals surface area contributed by atoms with Gasteiger partial charge >= 0.3 is 0 Å². The third-order valence-corrected chi connectivity index (χ3v) is 7.95. The number of rotatable bonds is 8. The summed E-state index contributed by atoms with van der Waals surface area (Å²) in [6, 6.07) is 20.8. The summed E-state index contributed by atoms with van der Waals surface area (Å²) >= 11 is 1.55. The Balaban J connectivity index is 1.46. The molecule has 192 valence electrons. The van der Waals surface area contributed by atoms with Crippen molar-refractivity contribution in [3.05, 3.63) is 66.7 Å². The number of thiophene rings is 1. The molecule has 3 aromatic carbocycles. The van der Waals surface area contributed by atoms with Crippen LogP contribution in [-0.4, -0.2) is 49.3 Å². The van der Waals surface area contributed by atoms with Crippen molar-refractivity contribution >= 4 is 38.7 Å². The number of carbonyl (C=O) groups is 1. The van der Waals surface area contributed by atoms with Gasteiger partial charge in [0, 0.05) is 29.2 Å². The quantitative estimate of drug-likeness (QED) is 0.278. The number of benzene rings is 3. The first-order valence-corrected chi connectivity index (χ1v) is 13.5. The van der Waals surface area contributed by atoms with Crippen molar-refractivity contribution in [1.29, 1.82) is 0 Å². The Morgan fingerprint density at radius 3 is 2.35 bits per heavy atom. The molecule has 0 atom stereocenters. The average Bonchev–Trinajstić information content (AvgIpc) is 3.28. The Morgan fingerprint density at radius 2 is 1.68 bits per heavy atom. The lowest BCUT2D eigenvalue weighted by atomic mass is 10.1. The molecule has 1 saturated heterocycles. The third-order valence-electron chi connectivity index (χ3n) is 6.76. The monoisotopic (exact) mass is 516 g/mol. The molecular formula is C30H32N2O4S. The number of anilines is 2. The van der Waals surface area contributed by atoms with Crippen LogP contribution < -0.4 is 14.4 Å². The van der Waals surface area contributed by atoms with Gasteiger partial charge in [-0.15, -0.1) is 11.3 Å². The summed E-state index contributed by atoms with van der Waals surface area (Å²) < 4.78 is 12.2. The fraction of sp³-hybridized carbons (Fsp3) is 0.300. The van der Waals surface area contributed by atoms with Gasteiger partial charge < -0.3 is 14.6 Å². The van der Waals surface area contributed by atoms with E-state index in [-0.39, 0.29) is 11.7 Å². The number of piperidine rings is 1. The van der Waals surface area contributed by atoms with Crippen LogP contribution in [0.3, 0.4) is 0 Å². The molecule has 0 unspecified atom stereocenters. The van der Waals surface area contributed by atoms with Gasteiger partial charge in [0.25, 0.3) is 0 Å². The number of fused-ring (bicyclic) bond motifs is 1. The molecule has 1 N–H and O–H groups in total. The first-order chi connectivity index (χ1) is 18.0. The predicted molar refractivity (Wildman–Crippen MR) is 151 cm³/mol. The molecule has 4 aromatic rings. The third kappa shape index (κ3) is 5.58. The molecule has 2 heterocycles. The number of phenols is 1. The molecule has 1 fully saturated rings. The number of hydrogen-bond donors (Lipinski definition) is 1. The highest BCUT2D eigenvalue weighted by atomic mass is 32.1. The van der Waals surface area contributed by atoms with Gasteiger partial charge in [0.05, 0.1) is 17.7 Å². The molecule has 0 radical (unpaired) electrons. The van der Waals surface area contributed by atoms with Gasteiger partial charge in [-0.1, -0.05) is 6.42 Å². The number of phenolic OH excluding ortho intramolecular Hbond substituents is 1. The Morgan fingerprint density at radius 1 is 0.973 bits per heavy atom. The minimum atomic E-state index is -0.0960. The fourth-order valence-corrected chi connectivity index (χ4v) is 6.09. The van der Waals surface area contributed by atoms with E-state index in [0.717, 1.165) is 63.0 Å². The van der Waals surface area contributed by atoms with E-state index in [1.165, 1.54) is 19.3 Å². The van der Waals surface area contributed by atoms with Crippen molar-refractivity contribution in [2.45, 2.75) is 26.2 Å². The van der Waals surface area contributed by atoms with Crippen LogP contribution in [0.25, 0.3) is 20.5 Å². The van der Waals surface area contributed by atoms with Crippen LogP contribution in [0.4, 0.5) is 11.4 Å². The summed E-state index contributed by atoms with van der Waals surface area (Å²) in [5, 5.41) is 11.0. The normalized spacial score (nSPS) is 14.0. The molecule has 0 spiro atoms. The van der Waals surface area contributed by atoms with Gasteiger partial charge in [-0.2, -0.15) is 0 Å². The van der Waals surface area contributed by atoms with Crippen molar-refractivity contribution < 1.29 is 19.4 Å². The maximum Gasteiger partial charge on any atom is 0.228 e. The number of nitrogens with zero attached hydrogens (tertiary/aromatic N) is 2. The fourth-order valence-electron chi connectivity index (χ4n) is 4.87. The van der Waals surface area contributed by atoms with Crippen LogP contribution in [-0.2, 0) is 4.79 Å². The van der Waals surface area contributed by atoms with Gasteiger partial charge in [-0.05, 0) is 98.2 Å². The number of ether oxygens (including phenoxy) is 2. The van der Waals surface area contributed by atoms with E-state index in [9.17, 15) is 9.90 Å². The van der Waals surface area contributed by atoms with Gasteiger partial charge in [0.15, 0.2) is 0 Å². The lowest BCUT2D eigenvalue weighted by Gasteiger charge is -2.26. The minimum Gasteiger partial charge on any atom is -0.508 e. The summed E-state index contributed by atoms with van der Waals surface area (Å²) in [6.07, 6.45) is 3.86. The molecular weight excluding hydrogens is 484 g/mol. The topological polar surface area (TPSA) is 62.2 Å². The van der Waals surface area contributed by atoms with E-state index in [1.807, 2.05) is 54.6 Å². The number of amides is 1. The van der Waals surface area contributed by atoms with Crippen LogP contribution in [0.1, 0.15) is 26.2 Å². The molecule has 0 aliphatic carbocycles. The summed E-state index contributed by atoms with van der Waals surface area (Å²) in [4.78, 5) is 18.2. The summed E-state index contributed by atoms with van der Waals surface area (Å²) in [7, 11) is 1.64. The second-order valence-electron chi connectivity index (χ2n) is 9.29. The van der Waals surface area contributed by atoms with Crippen LogP contribution in [0.15, 0.2) is 66.7 Å². The number of carbonyl (C=O) groups excluding carboxylic acids is 1. The van der Waals surface area contributed by atoms with Crippen LogP contribution in [0.2, 0.25) is 0 Å². The maximum atomic E-state index is 13.1. The van der Waals surface area contributed by atoms with E-state index >= 15 is 0 Å². The van der Waals surface area contributed by atoms with Crippen LogP contribution in [0, 0.1) is 0 Å². The molecule has 1 aliphatic heterocycles. The lowest BCUT2D eigenvalue weighted by Crippen LogP contribution is -2.33. The van der Waals surface area contributed by atoms with E-state index in [0.29, 0.717) is 6.61 Å². The second kappa shape index (κ2) is 11.2. The average molecular weight is 517 g/mol. The number of aromatic hydroxyl groups is 1. The first kappa shape index (κ1) is 25.1. The van der Waals surface area contributed by atoms with Crippen molar-refractivity contribution in [2.75, 3.05) is 38.3 Å². The minimum absolute atomic E-state index is 0.0960. The summed E-state index contributed by atoms with van der Waals surface area (Å²) in [5.74, 6) is 1.66. The Bertz CT molecular complexity index is 1360. The summed E-state index contributed by atoms with van der Waals surface area (Å²) in [5.41, 5.74) is 2.54. The van der Waals surface area contributed by atoms with Gasteiger partial charge in [0.2, 0.25) is 5.91 Å². The molecule has 37 heavy (non-hydrogen) atoms. The molecule has 0 bridgehead atoms. The zero-order valence-electron chi connectivity index (χ0n) is 21.3. The highest BCUT2D eigenvalue weighted by Crippen LogP contribution is 2.48. The van der Waals surface area contributed by atoms with E-state index in [2.05, 4.69) is 4.90 Å². The first-order valence-electron chi connectivity index (χ1n) is 12.7. The van der Waals surface area contributed by atoms with E-state index in [1.54, 1.807) is 42.4 Å². The van der Waals surface area contributed by atoms with Crippen LogP contribution >= 0.6 is 11.3 Å². The molecule has 7 heteroatoms. The van der Waals surface area contributed by atoms with Gasteiger partial charge in [-0.3, -0.25) is 14.6 Å². The Hall–Kier alpha value is -3.55. The van der Waals surface area contributed by atoms with Crippen molar-refractivity contribution in [1.82, 2.24) is 4.90 Å². The molecule has 1 amide bonds. The zero-order valence-corrected chi connectivity index (χ0v) is 22.1. The van der Waals surface area contributed by atoms with E-state index < -0.39 is 0 Å². The second-order valence-corrected chi connectivity index (χ2v) is 10.3. The summed E-state index contributed by atoms with van der Waals surface area (Å²) in [6.45, 7) is 5.46. The molecule has 5 rings (SSSR count). The highest BCUT2D eigenvalue weighted by Gasteiger charge is 2.24. The molecule has 1 aliphatic rings. The van der Waals surface area contributed by atoms with Crippen molar-refractivity contribution in [3.63, 3.8) is 0 Å².